The van der Waals surface area contributed by atoms with Crippen molar-refractivity contribution >= 4 is 47.1 Å². The van der Waals surface area contributed by atoms with Crippen LogP contribution in [0.4, 0.5) is 0 Å². The van der Waals surface area contributed by atoms with Crippen LogP contribution in [0.25, 0.3) is 21.8 Å². The van der Waals surface area contributed by atoms with Crippen LogP contribution in [0.15, 0.2) is 72.8 Å². The van der Waals surface area contributed by atoms with Crippen molar-refractivity contribution in [2.24, 2.45) is 0 Å². The highest BCUT2D eigenvalue weighted by Gasteiger charge is 2.12. The molecule has 2 aromatic carbocycles. The Morgan fingerprint density at radius 3 is 1.46 bits per heavy atom. The molecule has 0 radical (unpaired) electrons. The molecule has 28 heavy (non-hydrogen) atoms. The van der Waals surface area contributed by atoms with E-state index < -0.39 is 0 Å². The maximum Gasteiger partial charge on any atom is 0.0705 e. The van der Waals surface area contributed by atoms with Gasteiger partial charge in [0, 0.05) is 45.5 Å². The summed E-state index contributed by atoms with van der Waals surface area (Å²) in [5.41, 5.74) is 4.31. The van der Waals surface area contributed by atoms with Gasteiger partial charge in [0.1, 0.15) is 0 Å². The average Bonchev–Trinajstić information content (AvgIpc) is 2.72. The summed E-state index contributed by atoms with van der Waals surface area (Å²) in [5.74, 6) is 0. The molecular formula is C24H24N2S2. The first-order chi connectivity index (χ1) is 13.7. The normalized spacial score (nSPS) is 13.6. The van der Waals surface area contributed by atoms with E-state index >= 15 is 0 Å². The van der Waals surface area contributed by atoms with Gasteiger partial charge in [0.2, 0.25) is 0 Å². The molecule has 0 aliphatic heterocycles. The third-order valence-electron chi connectivity index (χ3n) is 5.03. The monoisotopic (exact) mass is 404 g/mol. The van der Waals surface area contributed by atoms with Crippen LogP contribution in [-0.2, 0) is 12.8 Å². The number of hydrogen-bond acceptors (Lipinski definition) is 4. The summed E-state index contributed by atoms with van der Waals surface area (Å²) in [5, 5.41) is 2.93. The lowest BCUT2D eigenvalue weighted by atomic mass is 10.1. The van der Waals surface area contributed by atoms with Gasteiger partial charge in [0.25, 0.3) is 0 Å². The van der Waals surface area contributed by atoms with E-state index in [4.69, 9.17) is 35.2 Å². The van der Waals surface area contributed by atoms with Gasteiger partial charge in [0.05, 0.1) is 11.0 Å². The van der Waals surface area contributed by atoms with E-state index in [-0.39, 0.29) is 10.5 Å². The number of nitrogens with zero attached hydrogens (tertiary/aromatic N) is 2. The van der Waals surface area contributed by atoms with E-state index in [9.17, 15) is 0 Å². The van der Waals surface area contributed by atoms with Crippen LogP contribution in [0.2, 0.25) is 0 Å². The molecule has 0 aliphatic rings. The first-order valence-electron chi connectivity index (χ1n) is 9.73. The van der Waals surface area contributed by atoms with Crippen molar-refractivity contribution in [1.29, 1.82) is 0 Å². The Kier molecular flexibility index (Phi) is 6.18. The van der Waals surface area contributed by atoms with E-state index in [0.717, 1.165) is 48.1 Å². The van der Waals surface area contributed by atoms with Crippen molar-refractivity contribution in [1.82, 2.24) is 9.97 Å². The van der Waals surface area contributed by atoms with Crippen molar-refractivity contribution < 1.29 is 0 Å². The minimum absolute atomic E-state index is 0.285. The van der Waals surface area contributed by atoms with Crippen molar-refractivity contribution in [2.45, 2.75) is 36.2 Å². The quantitative estimate of drug-likeness (QED) is 0.373. The van der Waals surface area contributed by atoms with Gasteiger partial charge in [0.15, 0.2) is 0 Å². The number of pyridine rings is 2. The van der Waals surface area contributed by atoms with E-state index in [1.165, 1.54) is 10.8 Å². The van der Waals surface area contributed by atoms with Crippen molar-refractivity contribution in [3.63, 3.8) is 0 Å². The fourth-order valence-corrected chi connectivity index (χ4v) is 4.19. The van der Waals surface area contributed by atoms with Crippen LogP contribution in [0.1, 0.15) is 24.2 Å². The van der Waals surface area contributed by atoms with E-state index in [0.29, 0.717) is 0 Å². The Morgan fingerprint density at radius 2 is 1.00 bits per heavy atom. The van der Waals surface area contributed by atoms with Crippen molar-refractivity contribution in [3.8, 4) is 0 Å². The molecule has 0 fully saturated rings. The van der Waals surface area contributed by atoms with Crippen LogP contribution in [0, 0.1) is 0 Å². The average molecular weight is 405 g/mol. The lowest BCUT2D eigenvalue weighted by molar-refractivity contribution is 0.660. The lowest BCUT2D eigenvalue weighted by Crippen LogP contribution is -2.11. The molecule has 4 heteroatoms. The Bertz CT molecular complexity index is 993. The predicted octanol–water partition coefficient (Wildman–Crippen LogP) is 5.95. The Balaban J connectivity index is 1.31. The second-order valence-corrected chi connectivity index (χ2v) is 8.74. The first-order valence-corrected chi connectivity index (χ1v) is 10.8. The van der Waals surface area contributed by atoms with Crippen LogP contribution in [0.5, 0.6) is 0 Å². The third-order valence-corrected chi connectivity index (χ3v) is 5.92. The molecule has 4 rings (SSSR count). The molecule has 0 aliphatic carbocycles. The van der Waals surface area contributed by atoms with Crippen LogP contribution < -0.4 is 0 Å². The molecule has 2 atom stereocenters. The third kappa shape index (κ3) is 4.86. The standard InChI is InChI=1S/C24H24N2S2/c27-21(15-19-11-9-17-5-1-3-7-23(17)25-19)13-14-22(28)16-20-12-10-18-6-2-4-8-24(18)26-20/h1-12,21-22,27-28H,13-16H2. The van der Waals surface area contributed by atoms with Gasteiger partial charge in [-0.25, -0.2) is 0 Å². The summed E-state index contributed by atoms with van der Waals surface area (Å²) >= 11 is 9.59. The fourth-order valence-electron chi connectivity index (χ4n) is 3.52. The summed E-state index contributed by atoms with van der Waals surface area (Å²) in [7, 11) is 0. The summed E-state index contributed by atoms with van der Waals surface area (Å²) in [4.78, 5) is 9.52. The maximum atomic E-state index is 4.80. The van der Waals surface area contributed by atoms with E-state index in [1.54, 1.807) is 0 Å². The number of aromatic nitrogens is 2. The number of thiol groups is 2. The van der Waals surface area contributed by atoms with E-state index in [2.05, 4.69) is 48.5 Å². The van der Waals surface area contributed by atoms with Crippen molar-refractivity contribution in [2.75, 3.05) is 0 Å². The topological polar surface area (TPSA) is 25.8 Å². The summed E-state index contributed by atoms with van der Waals surface area (Å²) in [6.45, 7) is 0. The largest absolute Gasteiger partial charge is 0.253 e. The molecule has 0 bridgehead atoms. The van der Waals surface area contributed by atoms with Crippen LogP contribution in [0.3, 0.4) is 0 Å². The number of para-hydroxylation sites is 2. The maximum absolute atomic E-state index is 4.80. The summed E-state index contributed by atoms with van der Waals surface area (Å²) in [6.07, 6.45) is 3.78. The second kappa shape index (κ2) is 8.97. The minimum atomic E-state index is 0.285. The molecule has 0 saturated carbocycles. The molecular weight excluding hydrogens is 380 g/mol. The number of benzene rings is 2. The number of hydrogen-bond donors (Lipinski definition) is 2. The highest BCUT2D eigenvalue weighted by atomic mass is 32.1. The number of fused-ring (bicyclic) bond motifs is 2. The van der Waals surface area contributed by atoms with Gasteiger partial charge in [-0.1, -0.05) is 48.5 Å². The zero-order valence-electron chi connectivity index (χ0n) is 15.7. The molecule has 142 valence electrons. The molecule has 0 N–H and O–H groups in total. The SMILES string of the molecule is SC(CCC(S)Cc1ccc2ccccc2n1)Cc1ccc2ccccc2n1. The highest BCUT2D eigenvalue weighted by molar-refractivity contribution is 7.81. The Labute approximate surface area is 177 Å². The fraction of sp³-hybridized carbons (Fsp3) is 0.250. The zero-order valence-corrected chi connectivity index (χ0v) is 17.5. The smallest absolute Gasteiger partial charge is 0.0705 e. The summed E-state index contributed by atoms with van der Waals surface area (Å²) in [6, 6.07) is 25.0. The van der Waals surface area contributed by atoms with Crippen LogP contribution in [-0.4, -0.2) is 20.5 Å². The molecule has 0 spiro atoms. The molecule has 2 aromatic heterocycles. The van der Waals surface area contributed by atoms with Gasteiger partial charge in [-0.2, -0.15) is 25.3 Å². The second-order valence-electron chi connectivity index (χ2n) is 7.28. The first kappa shape index (κ1) is 19.3. The van der Waals surface area contributed by atoms with E-state index in [1.807, 2.05) is 24.3 Å². The molecule has 2 nitrogen and oxygen atoms in total. The van der Waals surface area contributed by atoms with Gasteiger partial charge in [-0.3, -0.25) is 9.97 Å². The number of rotatable bonds is 7. The highest BCUT2D eigenvalue weighted by Crippen LogP contribution is 2.20. The van der Waals surface area contributed by atoms with Crippen LogP contribution >= 0.6 is 25.3 Å². The molecule has 4 aromatic rings. The van der Waals surface area contributed by atoms with Gasteiger partial charge >= 0.3 is 0 Å². The minimum Gasteiger partial charge on any atom is -0.253 e. The molecule has 0 amide bonds. The molecule has 2 unspecified atom stereocenters. The van der Waals surface area contributed by atoms with Crippen molar-refractivity contribution in [3.05, 3.63) is 84.2 Å². The van der Waals surface area contributed by atoms with Gasteiger partial charge < -0.3 is 0 Å². The molecule has 2 heterocycles. The Morgan fingerprint density at radius 1 is 0.571 bits per heavy atom. The lowest BCUT2D eigenvalue weighted by Gasteiger charge is -2.15. The summed E-state index contributed by atoms with van der Waals surface area (Å²) < 4.78 is 0. The van der Waals surface area contributed by atoms with Gasteiger partial charge in [-0.05, 0) is 37.1 Å². The molecule has 0 saturated heterocycles. The Hall–Kier alpha value is -2.04. The van der Waals surface area contributed by atoms with Gasteiger partial charge in [-0.15, -0.1) is 0 Å². The predicted molar refractivity (Wildman–Crippen MR) is 126 cm³/mol. The zero-order chi connectivity index (χ0) is 19.3.